The summed E-state index contributed by atoms with van der Waals surface area (Å²) in [6.45, 7) is 6.76. The van der Waals surface area contributed by atoms with Crippen LogP contribution in [0, 0.1) is 17.8 Å². The lowest BCUT2D eigenvalue weighted by Gasteiger charge is -2.28. The first-order valence-corrected chi connectivity index (χ1v) is 13.0. The Hall–Kier alpha value is -1.74. The molecule has 5 atom stereocenters. The standard InChI is InChI=1S/C25H30N2O4S2/c1-4-14-5-7-15(8-6-14)11-19-23(29)27(24(32)33-19)10-9-26-22(28)18-13-16-12-17(18)21-20(16)30-25(2,3)31-21/h5-8,11,16-18,20-21H,4,9-10,12-13H2,1-3H3,(H,26,28)/b19-11-/t16-,17+,18-,20-,21+/m0/s1. The third-order valence-corrected chi connectivity index (χ3v) is 8.61. The van der Waals surface area contributed by atoms with Crippen LogP contribution in [0.2, 0.25) is 0 Å². The minimum absolute atomic E-state index is 0.0118. The number of ether oxygens (including phenoxy) is 2. The summed E-state index contributed by atoms with van der Waals surface area (Å²) < 4.78 is 12.7. The number of carbonyl (C=O) groups is 2. The minimum Gasteiger partial charge on any atom is -0.354 e. The van der Waals surface area contributed by atoms with Crippen molar-refractivity contribution in [2.45, 2.75) is 58.0 Å². The second-order valence-corrected chi connectivity index (χ2v) is 11.5. The van der Waals surface area contributed by atoms with E-state index in [-0.39, 0.29) is 35.9 Å². The molecule has 4 aliphatic rings. The number of thioether (sulfide) groups is 1. The van der Waals surface area contributed by atoms with Gasteiger partial charge in [-0.2, -0.15) is 0 Å². The number of fused-ring (bicyclic) bond motifs is 5. The van der Waals surface area contributed by atoms with Crippen LogP contribution in [0.5, 0.6) is 0 Å². The third-order valence-electron chi connectivity index (χ3n) is 7.23. The van der Waals surface area contributed by atoms with Crippen molar-refractivity contribution in [3.05, 3.63) is 40.3 Å². The summed E-state index contributed by atoms with van der Waals surface area (Å²) in [7, 11) is 0. The highest BCUT2D eigenvalue weighted by Crippen LogP contribution is 2.55. The van der Waals surface area contributed by atoms with Crippen LogP contribution in [-0.4, -0.2) is 52.1 Å². The molecule has 2 saturated heterocycles. The molecule has 2 aliphatic heterocycles. The van der Waals surface area contributed by atoms with E-state index >= 15 is 0 Å². The van der Waals surface area contributed by atoms with Crippen molar-refractivity contribution in [3.8, 4) is 0 Å². The molecule has 0 radical (unpaired) electrons. The van der Waals surface area contributed by atoms with Crippen molar-refractivity contribution in [1.29, 1.82) is 0 Å². The van der Waals surface area contributed by atoms with E-state index in [1.807, 2.05) is 32.1 Å². The van der Waals surface area contributed by atoms with Gasteiger partial charge < -0.3 is 14.8 Å². The number of thiocarbonyl (C=S) groups is 1. The van der Waals surface area contributed by atoms with Gasteiger partial charge in [0.05, 0.1) is 17.1 Å². The molecule has 8 heteroatoms. The fourth-order valence-corrected chi connectivity index (χ4v) is 6.98. The second-order valence-electron chi connectivity index (χ2n) is 9.79. The lowest BCUT2D eigenvalue weighted by molar-refractivity contribution is -0.158. The molecule has 1 N–H and O–H groups in total. The van der Waals surface area contributed by atoms with Crippen LogP contribution in [0.3, 0.4) is 0 Å². The van der Waals surface area contributed by atoms with Gasteiger partial charge in [0.1, 0.15) is 4.32 Å². The average Bonchev–Trinajstić information content (AvgIpc) is 3.50. The van der Waals surface area contributed by atoms with Crippen molar-refractivity contribution in [2.24, 2.45) is 17.8 Å². The van der Waals surface area contributed by atoms with Crippen LogP contribution in [0.15, 0.2) is 29.2 Å². The van der Waals surface area contributed by atoms with Crippen LogP contribution in [0.25, 0.3) is 6.08 Å². The molecule has 2 bridgehead atoms. The summed E-state index contributed by atoms with van der Waals surface area (Å²) in [6, 6.07) is 8.19. The molecule has 0 aromatic heterocycles. The van der Waals surface area contributed by atoms with E-state index in [1.165, 1.54) is 17.3 Å². The monoisotopic (exact) mass is 486 g/mol. The van der Waals surface area contributed by atoms with Gasteiger partial charge in [-0.3, -0.25) is 14.5 Å². The zero-order valence-corrected chi connectivity index (χ0v) is 20.8. The van der Waals surface area contributed by atoms with Crippen molar-refractivity contribution >= 4 is 46.2 Å². The Kier molecular flexibility index (Phi) is 6.14. The normalized spacial score (nSPS) is 33.2. The smallest absolute Gasteiger partial charge is 0.266 e. The average molecular weight is 487 g/mol. The molecular formula is C25H30N2O4S2. The Morgan fingerprint density at radius 3 is 2.70 bits per heavy atom. The number of hydrogen-bond acceptors (Lipinski definition) is 6. The highest BCUT2D eigenvalue weighted by Gasteiger charge is 2.61. The summed E-state index contributed by atoms with van der Waals surface area (Å²) in [4.78, 5) is 28.0. The summed E-state index contributed by atoms with van der Waals surface area (Å²) in [5.74, 6) is -0.0663. The molecule has 6 nitrogen and oxygen atoms in total. The van der Waals surface area contributed by atoms with Gasteiger partial charge in [0.25, 0.3) is 5.91 Å². The maximum atomic E-state index is 12.9. The van der Waals surface area contributed by atoms with E-state index in [2.05, 4.69) is 24.4 Å². The van der Waals surface area contributed by atoms with Crippen molar-refractivity contribution in [3.63, 3.8) is 0 Å². The predicted octanol–water partition coefficient (Wildman–Crippen LogP) is 3.74. The first-order valence-electron chi connectivity index (χ1n) is 11.7. The second kappa shape index (κ2) is 8.80. The number of nitrogens with zero attached hydrogens (tertiary/aromatic N) is 1. The van der Waals surface area contributed by atoms with Crippen LogP contribution >= 0.6 is 24.0 Å². The van der Waals surface area contributed by atoms with Gasteiger partial charge in [0.15, 0.2) is 5.79 Å². The maximum Gasteiger partial charge on any atom is 0.266 e. The van der Waals surface area contributed by atoms with Gasteiger partial charge in [-0.25, -0.2) is 0 Å². The number of benzene rings is 1. The molecule has 2 heterocycles. The zero-order chi connectivity index (χ0) is 23.3. The van der Waals surface area contributed by atoms with Crippen molar-refractivity contribution in [2.75, 3.05) is 13.1 Å². The van der Waals surface area contributed by atoms with E-state index < -0.39 is 5.79 Å². The molecule has 0 spiro atoms. The molecule has 0 unspecified atom stereocenters. The number of amides is 2. The Labute approximate surface area is 204 Å². The number of rotatable bonds is 6. The lowest BCUT2D eigenvalue weighted by atomic mass is 9.84. The van der Waals surface area contributed by atoms with Crippen LogP contribution < -0.4 is 5.32 Å². The molecule has 4 fully saturated rings. The molecular weight excluding hydrogens is 456 g/mol. The summed E-state index contributed by atoms with van der Waals surface area (Å²) >= 11 is 6.75. The number of hydrogen-bond donors (Lipinski definition) is 1. The Bertz CT molecular complexity index is 1010. The Balaban J connectivity index is 1.14. The highest BCUT2D eigenvalue weighted by molar-refractivity contribution is 8.26. The quantitative estimate of drug-likeness (QED) is 0.488. The van der Waals surface area contributed by atoms with Gasteiger partial charge in [-0.15, -0.1) is 0 Å². The van der Waals surface area contributed by atoms with Gasteiger partial charge in [0, 0.05) is 19.0 Å². The predicted molar refractivity (Wildman–Crippen MR) is 132 cm³/mol. The van der Waals surface area contributed by atoms with E-state index in [0.717, 1.165) is 24.8 Å². The van der Waals surface area contributed by atoms with Gasteiger partial charge in [-0.1, -0.05) is 55.2 Å². The number of aryl methyl sites for hydroxylation is 1. The number of nitrogens with one attached hydrogen (secondary N) is 1. The summed E-state index contributed by atoms with van der Waals surface area (Å²) in [6.07, 6.45) is 4.83. The van der Waals surface area contributed by atoms with Crippen LogP contribution in [-0.2, 0) is 25.5 Å². The minimum atomic E-state index is -0.565. The van der Waals surface area contributed by atoms with Crippen LogP contribution in [0.1, 0.15) is 44.7 Å². The maximum absolute atomic E-state index is 12.9. The molecule has 1 aromatic rings. The SMILES string of the molecule is CCc1ccc(/C=C2\SC(=S)N(CCNC(=O)[C@H]3C[C@@H]4C[C@H]3[C@H]3OC(C)(C)O[C@@H]43)C2=O)cc1. The highest BCUT2D eigenvalue weighted by atomic mass is 32.2. The Morgan fingerprint density at radius 2 is 1.97 bits per heavy atom. The van der Waals surface area contributed by atoms with Crippen molar-refractivity contribution < 1.29 is 19.1 Å². The largest absolute Gasteiger partial charge is 0.354 e. The first kappa shape index (κ1) is 23.0. The van der Waals surface area contributed by atoms with E-state index in [0.29, 0.717) is 28.2 Å². The zero-order valence-electron chi connectivity index (χ0n) is 19.2. The van der Waals surface area contributed by atoms with Crippen LogP contribution in [0.4, 0.5) is 0 Å². The topological polar surface area (TPSA) is 67.9 Å². The van der Waals surface area contributed by atoms with E-state index in [4.69, 9.17) is 21.7 Å². The van der Waals surface area contributed by atoms with E-state index in [1.54, 1.807) is 4.90 Å². The first-order chi connectivity index (χ1) is 15.8. The molecule has 2 saturated carbocycles. The fraction of sp³-hybridized carbons (Fsp3) is 0.560. The van der Waals surface area contributed by atoms with Crippen molar-refractivity contribution in [1.82, 2.24) is 10.2 Å². The lowest BCUT2D eigenvalue weighted by Crippen LogP contribution is -2.44. The Morgan fingerprint density at radius 1 is 1.24 bits per heavy atom. The molecule has 33 heavy (non-hydrogen) atoms. The van der Waals surface area contributed by atoms with Gasteiger partial charge in [0.2, 0.25) is 5.91 Å². The third kappa shape index (κ3) is 4.38. The number of carbonyl (C=O) groups excluding carboxylic acids is 2. The van der Waals surface area contributed by atoms with Gasteiger partial charge >= 0.3 is 0 Å². The molecule has 5 rings (SSSR count). The fourth-order valence-electron chi connectivity index (χ4n) is 5.67. The summed E-state index contributed by atoms with van der Waals surface area (Å²) in [5.41, 5.74) is 2.24. The van der Waals surface area contributed by atoms with Gasteiger partial charge in [-0.05, 0) is 62.1 Å². The molecule has 176 valence electrons. The summed E-state index contributed by atoms with van der Waals surface area (Å²) in [5, 5.41) is 3.04. The molecule has 2 amide bonds. The molecule has 2 aliphatic carbocycles. The van der Waals surface area contributed by atoms with E-state index in [9.17, 15) is 9.59 Å². The molecule has 1 aromatic carbocycles.